The van der Waals surface area contributed by atoms with Gasteiger partial charge in [0.1, 0.15) is 11.5 Å². The van der Waals surface area contributed by atoms with E-state index in [9.17, 15) is 9.59 Å². The van der Waals surface area contributed by atoms with Gasteiger partial charge < -0.3 is 20.5 Å². The molecule has 0 fully saturated rings. The Bertz CT molecular complexity index is 1030. The van der Waals surface area contributed by atoms with Crippen molar-refractivity contribution in [2.45, 2.75) is 13.8 Å². The molecule has 0 aliphatic carbocycles. The molecule has 0 aliphatic rings. The molecule has 3 N–H and O–H groups in total. The zero-order valence-corrected chi connectivity index (χ0v) is 16.3. The van der Waals surface area contributed by atoms with Gasteiger partial charge >= 0.3 is 0 Å². The van der Waals surface area contributed by atoms with Crippen molar-refractivity contribution in [1.29, 1.82) is 0 Å². The summed E-state index contributed by atoms with van der Waals surface area (Å²) in [7, 11) is 0. The van der Waals surface area contributed by atoms with E-state index in [1.54, 1.807) is 36.4 Å². The molecule has 0 bridgehead atoms. The molecule has 6 nitrogen and oxygen atoms in total. The molecule has 0 spiro atoms. The molecule has 2 amide bonds. The summed E-state index contributed by atoms with van der Waals surface area (Å²) >= 11 is 0. The van der Waals surface area contributed by atoms with Crippen molar-refractivity contribution < 1.29 is 19.1 Å². The highest BCUT2D eigenvalue weighted by Gasteiger charge is 2.13. The van der Waals surface area contributed by atoms with Crippen LogP contribution >= 0.6 is 0 Å². The van der Waals surface area contributed by atoms with Crippen molar-refractivity contribution in [2.24, 2.45) is 5.73 Å². The van der Waals surface area contributed by atoms with E-state index in [2.05, 4.69) is 5.32 Å². The molecule has 0 saturated carbocycles. The molecule has 0 unspecified atom stereocenters. The first kappa shape index (κ1) is 19.9. The Kier molecular flexibility index (Phi) is 6.14. The maximum Gasteiger partial charge on any atom is 0.255 e. The number of para-hydroxylation sites is 3. The summed E-state index contributed by atoms with van der Waals surface area (Å²) in [6, 6.07) is 19.7. The van der Waals surface area contributed by atoms with Crippen LogP contribution in [-0.4, -0.2) is 18.4 Å². The first-order chi connectivity index (χ1) is 13.9. The minimum atomic E-state index is -0.586. The van der Waals surface area contributed by atoms with E-state index in [0.717, 1.165) is 16.9 Å². The number of carbonyl (C=O) groups is 2. The lowest BCUT2D eigenvalue weighted by molar-refractivity contribution is -0.119. The van der Waals surface area contributed by atoms with Crippen molar-refractivity contribution in [3.8, 4) is 17.2 Å². The molecule has 0 radical (unpaired) electrons. The molecule has 0 atom stereocenters. The number of hydrogen-bond acceptors (Lipinski definition) is 4. The average molecular weight is 390 g/mol. The molecule has 0 saturated heterocycles. The summed E-state index contributed by atoms with van der Waals surface area (Å²) in [5, 5.41) is 2.87. The first-order valence-electron chi connectivity index (χ1n) is 9.09. The maximum atomic E-state index is 12.7. The number of carbonyl (C=O) groups excluding carboxylic acids is 2. The zero-order valence-electron chi connectivity index (χ0n) is 16.3. The zero-order chi connectivity index (χ0) is 20.8. The van der Waals surface area contributed by atoms with Gasteiger partial charge in [-0.2, -0.15) is 0 Å². The van der Waals surface area contributed by atoms with E-state index in [-0.39, 0.29) is 12.5 Å². The largest absolute Gasteiger partial charge is 0.484 e. The van der Waals surface area contributed by atoms with Crippen LogP contribution in [0.5, 0.6) is 17.2 Å². The Morgan fingerprint density at radius 2 is 1.62 bits per heavy atom. The fourth-order valence-electron chi connectivity index (χ4n) is 2.81. The molecule has 3 aromatic rings. The number of nitrogens with one attached hydrogen (secondary N) is 1. The normalized spacial score (nSPS) is 10.3. The second kappa shape index (κ2) is 8.93. The number of amides is 2. The van der Waals surface area contributed by atoms with E-state index in [4.69, 9.17) is 15.2 Å². The van der Waals surface area contributed by atoms with Crippen LogP contribution in [0, 0.1) is 13.8 Å². The Labute approximate surface area is 169 Å². The molecule has 29 heavy (non-hydrogen) atoms. The summed E-state index contributed by atoms with van der Waals surface area (Å²) in [5.74, 6) is 0.775. The maximum absolute atomic E-state index is 12.7. The van der Waals surface area contributed by atoms with Crippen molar-refractivity contribution in [3.05, 3.63) is 83.4 Å². The third-order valence-electron chi connectivity index (χ3n) is 4.23. The highest BCUT2D eigenvalue weighted by Crippen LogP contribution is 2.33. The van der Waals surface area contributed by atoms with E-state index < -0.39 is 5.91 Å². The van der Waals surface area contributed by atoms with Crippen molar-refractivity contribution in [2.75, 3.05) is 11.9 Å². The van der Waals surface area contributed by atoms with E-state index in [1.165, 1.54) is 0 Å². The number of hydrogen-bond donors (Lipinski definition) is 2. The number of ether oxygens (including phenoxy) is 2. The van der Waals surface area contributed by atoms with Crippen molar-refractivity contribution in [3.63, 3.8) is 0 Å². The molecule has 6 heteroatoms. The van der Waals surface area contributed by atoms with Crippen LogP contribution in [0.25, 0.3) is 0 Å². The molecule has 3 aromatic carbocycles. The smallest absolute Gasteiger partial charge is 0.255 e. The molecular weight excluding hydrogens is 368 g/mol. The lowest BCUT2D eigenvalue weighted by atomic mass is 10.1. The van der Waals surface area contributed by atoms with Crippen LogP contribution in [0.1, 0.15) is 21.5 Å². The highest BCUT2D eigenvalue weighted by molar-refractivity contribution is 6.05. The number of benzene rings is 3. The van der Waals surface area contributed by atoms with Gasteiger partial charge in [-0.25, -0.2) is 0 Å². The van der Waals surface area contributed by atoms with Crippen LogP contribution in [0.3, 0.4) is 0 Å². The number of aryl methyl sites for hydroxylation is 2. The fraction of sp³-hybridized carbons (Fsp3) is 0.130. The second-order valence-electron chi connectivity index (χ2n) is 6.56. The predicted octanol–water partition coefficient (Wildman–Crippen LogP) is 4.21. The molecule has 148 valence electrons. The van der Waals surface area contributed by atoms with Crippen LogP contribution in [0.4, 0.5) is 5.69 Å². The van der Waals surface area contributed by atoms with Gasteiger partial charge in [-0.3, -0.25) is 9.59 Å². The topological polar surface area (TPSA) is 90.7 Å². The van der Waals surface area contributed by atoms with Gasteiger partial charge in [0.15, 0.2) is 12.4 Å². The predicted molar refractivity (Wildman–Crippen MR) is 112 cm³/mol. The Morgan fingerprint density at radius 3 is 2.34 bits per heavy atom. The average Bonchev–Trinajstić information content (AvgIpc) is 2.70. The highest BCUT2D eigenvalue weighted by atomic mass is 16.5. The molecular formula is C23H22N2O4. The summed E-state index contributed by atoms with van der Waals surface area (Å²) < 4.78 is 11.4. The lowest BCUT2D eigenvalue weighted by Gasteiger charge is -2.15. The van der Waals surface area contributed by atoms with Gasteiger partial charge in [0.2, 0.25) is 0 Å². The second-order valence-corrected chi connectivity index (χ2v) is 6.56. The minimum absolute atomic E-state index is 0.252. The SMILES string of the molecule is Cc1cccc(C)c1Oc1ccccc1NC(=O)c1cccc(OCC(N)=O)c1. The first-order valence-corrected chi connectivity index (χ1v) is 9.09. The molecule has 0 aliphatic heterocycles. The number of rotatable bonds is 7. The van der Waals surface area contributed by atoms with Crippen LogP contribution < -0.4 is 20.5 Å². The van der Waals surface area contributed by atoms with Gasteiger partial charge in [-0.1, -0.05) is 36.4 Å². The van der Waals surface area contributed by atoms with E-state index in [1.807, 2.05) is 44.2 Å². The number of nitrogens with two attached hydrogens (primary N) is 1. The third kappa shape index (κ3) is 5.13. The van der Waals surface area contributed by atoms with Crippen molar-refractivity contribution >= 4 is 17.5 Å². The van der Waals surface area contributed by atoms with Gasteiger partial charge in [0.25, 0.3) is 11.8 Å². The Hall–Kier alpha value is -3.80. The van der Waals surface area contributed by atoms with Crippen LogP contribution in [0.2, 0.25) is 0 Å². The van der Waals surface area contributed by atoms with E-state index >= 15 is 0 Å². The monoisotopic (exact) mass is 390 g/mol. The van der Waals surface area contributed by atoms with Crippen LogP contribution in [0.15, 0.2) is 66.7 Å². The standard InChI is InChI=1S/C23H22N2O4/c1-15-7-5-8-16(2)22(15)29-20-12-4-3-11-19(20)25-23(27)17-9-6-10-18(13-17)28-14-21(24)26/h3-13H,14H2,1-2H3,(H2,24,26)(H,25,27). The molecule has 0 aromatic heterocycles. The van der Waals surface area contributed by atoms with Gasteiger partial charge in [-0.15, -0.1) is 0 Å². The summed E-state index contributed by atoms with van der Waals surface area (Å²) in [6.07, 6.45) is 0. The summed E-state index contributed by atoms with van der Waals surface area (Å²) in [4.78, 5) is 23.6. The fourth-order valence-corrected chi connectivity index (χ4v) is 2.81. The number of primary amides is 1. The number of anilines is 1. The molecule has 3 rings (SSSR count). The Morgan fingerprint density at radius 1 is 0.931 bits per heavy atom. The lowest BCUT2D eigenvalue weighted by Crippen LogP contribution is -2.20. The quantitative estimate of drug-likeness (QED) is 0.632. The Balaban J connectivity index is 1.80. The minimum Gasteiger partial charge on any atom is -0.484 e. The van der Waals surface area contributed by atoms with Crippen molar-refractivity contribution in [1.82, 2.24) is 0 Å². The summed E-state index contributed by atoms with van der Waals surface area (Å²) in [5.41, 5.74) is 8.02. The van der Waals surface area contributed by atoms with Gasteiger partial charge in [0, 0.05) is 5.56 Å². The molecule has 0 heterocycles. The van der Waals surface area contributed by atoms with Crippen LogP contribution in [-0.2, 0) is 4.79 Å². The summed E-state index contributed by atoms with van der Waals surface area (Å²) in [6.45, 7) is 3.69. The van der Waals surface area contributed by atoms with E-state index in [0.29, 0.717) is 22.7 Å². The third-order valence-corrected chi connectivity index (χ3v) is 4.23. The van der Waals surface area contributed by atoms with Gasteiger partial charge in [0.05, 0.1) is 5.69 Å². The van der Waals surface area contributed by atoms with Gasteiger partial charge in [-0.05, 0) is 55.3 Å².